The summed E-state index contributed by atoms with van der Waals surface area (Å²) in [7, 11) is 0. The van der Waals surface area contributed by atoms with Crippen LogP contribution in [-0.2, 0) is 6.54 Å². The normalized spacial score (nSPS) is 14.1. The van der Waals surface area contributed by atoms with Crippen LogP contribution in [0.5, 0.6) is 0 Å². The quantitative estimate of drug-likeness (QED) is 0.343. The summed E-state index contributed by atoms with van der Waals surface area (Å²) in [6, 6.07) is 9.35. The molecule has 6 rings (SSSR count). The Hall–Kier alpha value is -4.11. The number of hydrogen-bond donors (Lipinski definition) is 2. The largest absolute Gasteiger partial charge is 0.323 e. The molecule has 9 heteroatoms. The molecule has 4 aromatic heterocycles. The van der Waals surface area contributed by atoms with Crippen molar-refractivity contribution in [2.75, 3.05) is 18.4 Å². The van der Waals surface area contributed by atoms with Gasteiger partial charge in [0, 0.05) is 53.2 Å². The molecular weight excluding hydrogens is 455 g/mol. The number of rotatable bonds is 6. The van der Waals surface area contributed by atoms with Gasteiger partial charge in [-0.25, -0.2) is 8.91 Å². The van der Waals surface area contributed by atoms with Crippen molar-refractivity contribution in [3.05, 3.63) is 77.8 Å². The molecular formula is C27H27FN8. The molecule has 1 aliphatic heterocycles. The molecule has 1 saturated heterocycles. The summed E-state index contributed by atoms with van der Waals surface area (Å²) in [5.74, 6) is 0.251. The molecule has 0 radical (unpaired) electrons. The van der Waals surface area contributed by atoms with Crippen LogP contribution in [-0.4, -0.2) is 47.8 Å². The fraction of sp³-hybridized carbons (Fsp3) is 0.259. The van der Waals surface area contributed by atoms with E-state index >= 15 is 4.39 Å². The third kappa shape index (κ3) is 4.11. The number of fused-ring (bicyclic) bond motifs is 1. The summed E-state index contributed by atoms with van der Waals surface area (Å²) in [5.41, 5.74) is 7.55. The number of aryl methyl sites for hydroxylation is 1. The van der Waals surface area contributed by atoms with Crippen LogP contribution in [0.25, 0.3) is 27.9 Å². The maximum absolute atomic E-state index is 15.3. The molecule has 36 heavy (non-hydrogen) atoms. The summed E-state index contributed by atoms with van der Waals surface area (Å²) in [6.45, 7) is 6.66. The highest BCUT2D eigenvalue weighted by molar-refractivity contribution is 5.92. The van der Waals surface area contributed by atoms with Gasteiger partial charge in [-0.05, 0) is 74.7 Å². The smallest absolute Gasteiger partial charge is 0.247 e. The minimum absolute atomic E-state index is 0.208. The lowest BCUT2D eigenvalue weighted by atomic mass is 9.96. The van der Waals surface area contributed by atoms with Gasteiger partial charge in [0.25, 0.3) is 0 Å². The maximum Gasteiger partial charge on any atom is 0.247 e. The number of aromatic nitrogens is 6. The van der Waals surface area contributed by atoms with Gasteiger partial charge < -0.3 is 5.32 Å². The van der Waals surface area contributed by atoms with E-state index in [1.807, 2.05) is 50.5 Å². The molecule has 0 aliphatic carbocycles. The van der Waals surface area contributed by atoms with E-state index in [-0.39, 0.29) is 5.82 Å². The average molecular weight is 483 g/mol. The van der Waals surface area contributed by atoms with E-state index in [1.165, 1.54) is 12.8 Å². The molecule has 1 aliphatic rings. The van der Waals surface area contributed by atoms with E-state index in [0.29, 0.717) is 23.7 Å². The number of hydrogen-bond acceptors (Lipinski definition) is 6. The number of H-pyrrole nitrogens is 1. The van der Waals surface area contributed by atoms with Crippen molar-refractivity contribution in [3.63, 3.8) is 0 Å². The second kappa shape index (κ2) is 9.16. The SMILES string of the molecule is Cc1nccc(Nc2nc3c(-c4ccc(CN5CCCC5)c(F)c4)c(-c4cn[nH]c4)ccn3n2)c1C. The third-order valence-corrected chi connectivity index (χ3v) is 6.95. The molecule has 2 N–H and O–H groups in total. The van der Waals surface area contributed by atoms with E-state index in [4.69, 9.17) is 4.98 Å². The standard InChI is InChI=1S/C27H27FN8/c1-17-18(2)29-9-7-24(17)32-27-33-26-25(22(8-12-36(26)34-27)21-14-30-31-15-21)19-5-6-20(23(28)13-19)16-35-10-3-4-11-35/h5-9,12-15H,3-4,10-11,16H2,1-2H3,(H,30,31)(H,29,32,34). The lowest BCUT2D eigenvalue weighted by Crippen LogP contribution is -2.19. The molecule has 0 bridgehead atoms. The van der Waals surface area contributed by atoms with Crippen molar-refractivity contribution >= 4 is 17.3 Å². The highest BCUT2D eigenvalue weighted by atomic mass is 19.1. The summed E-state index contributed by atoms with van der Waals surface area (Å²) < 4.78 is 17.1. The Morgan fingerprint density at radius 1 is 1.08 bits per heavy atom. The molecule has 1 aromatic carbocycles. The van der Waals surface area contributed by atoms with Gasteiger partial charge in [0.05, 0.1) is 6.20 Å². The van der Waals surface area contributed by atoms with Crippen LogP contribution in [0.15, 0.2) is 55.1 Å². The molecule has 0 atom stereocenters. The van der Waals surface area contributed by atoms with Crippen LogP contribution in [0.4, 0.5) is 16.0 Å². The number of aromatic amines is 1. The summed E-state index contributed by atoms with van der Waals surface area (Å²) in [5, 5.41) is 15.0. The number of nitrogens with zero attached hydrogens (tertiary/aromatic N) is 6. The first kappa shape index (κ1) is 22.4. The number of pyridine rings is 2. The molecule has 0 spiro atoms. The molecule has 0 saturated carbocycles. The van der Waals surface area contributed by atoms with Gasteiger partial charge in [0.2, 0.25) is 5.95 Å². The zero-order chi connectivity index (χ0) is 24.6. The van der Waals surface area contributed by atoms with E-state index in [9.17, 15) is 0 Å². The van der Waals surface area contributed by atoms with Gasteiger partial charge in [-0.2, -0.15) is 10.1 Å². The zero-order valence-electron chi connectivity index (χ0n) is 20.3. The topological polar surface area (TPSA) is 87.0 Å². The fourth-order valence-corrected chi connectivity index (χ4v) is 4.83. The van der Waals surface area contributed by atoms with Gasteiger partial charge in [0.1, 0.15) is 5.82 Å². The summed E-state index contributed by atoms with van der Waals surface area (Å²) >= 11 is 0. The minimum Gasteiger partial charge on any atom is -0.323 e. The monoisotopic (exact) mass is 482 g/mol. The lowest BCUT2D eigenvalue weighted by Gasteiger charge is -2.16. The Morgan fingerprint density at radius 3 is 2.72 bits per heavy atom. The summed E-state index contributed by atoms with van der Waals surface area (Å²) in [4.78, 5) is 11.5. The van der Waals surface area contributed by atoms with Crippen molar-refractivity contribution in [2.24, 2.45) is 0 Å². The molecule has 0 amide bonds. The molecule has 5 heterocycles. The highest BCUT2D eigenvalue weighted by Crippen LogP contribution is 2.36. The summed E-state index contributed by atoms with van der Waals surface area (Å²) in [6.07, 6.45) is 9.56. The second-order valence-electron chi connectivity index (χ2n) is 9.28. The van der Waals surface area contributed by atoms with Gasteiger partial charge in [-0.1, -0.05) is 12.1 Å². The number of halogens is 1. The van der Waals surface area contributed by atoms with Gasteiger partial charge >= 0.3 is 0 Å². The Morgan fingerprint density at radius 2 is 1.94 bits per heavy atom. The Kier molecular flexibility index (Phi) is 5.69. The van der Waals surface area contributed by atoms with E-state index < -0.39 is 0 Å². The number of anilines is 2. The van der Waals surface area contributed by atoms with Crippen molar-refractivity contribution < 1.29 is 4.39 Å². The van der Waals surface area contributed by atoms with Crippen LogP contribution < -0.4 is 5.32 Å². The Bertz CT molecular complexity index is 1530. The first-order valence-electron chi connectivity index (χ1n) is 12.2. The van der Waals surface area contributed by atoms with Crippen LogP contribution >= 0.6 is 0 Å². The van der Waals surface area contributed by atoms with Crippen molar-refractivity contribution in [1.82, 2.24) is 34.7 Å². The third-order valence-electron chi connectivity index (χ3n) is 6.95. The van der Waals surface area contributed by atoms with Crippen LogP contribution in [0.3, 0.4) is 0 Å². The van der Waals surface area contributed by atoms with Crippen molar-refractivity contribution in [2.45, 2.75) is 33.2 Å². The number of benzene rings is 1. The molecule has 5 aromatic rings. The highest BCUT2D eigenvalue weighted by Gasteiger charge is 2.20. The van der Waals surface area contributed by atoms with Crippen LogP contribution in [0, 0.1) is 19.7 Å². The van der Waals surface area contributed by atoms with Crippen LogP contribution in [0.2, 0.25) is 0 Å². The molecule has 182 valence electrons. The van der Waals surface area contributed by atoms with Gasteiger partial charge in [-0.15, -0.1) is 5.10 Å². The van der Waals surface area contributed by atoms with E-state index in [2.05, 4.69) is 30.5 Å². The maximum atomic E-state index is 15.3. The first-order valence-corrected chi connectivity index (χ1v) is 12.2. The average Bonchev–Trinajstić information content (AvgIpc) is 3.64. The second-order valence-corrected chi connectivity index (χ2v) is 9.28. The van der Waals surface area contributed by atoms with Crippen molar-refractivity contribution in [1.29, 1.82) is 0 Å². The molecule has 1 fully saturated rings. The minimum atomic E-state index is -0.208. The number of nitrogens with one attached hydrogen (secondary N) is 2. The van der Waals surface area contributed by atoms with E-state index in [1.54, 1.807) is 23.0 Å². The Balaban J connectivity index is 1.45. The van der Waals surface area contributed by atoms with Crippen LogP contribution in [0.1, 0.15) is 29.7 Å². The van der Waals surface area contributed by atoms with E-state index in [0.717, 1.165) is 52.3 Å². The Labute approximate surface area is 208 Å². The number of likely N-dealkylation sites (tertiary alicyclic amines) is 1. The fourth-order valence-electron chi connectivity index (χ4n) is 4.83. The predicted molar refractivity (Wildman–Crippen MR) is 137 cm³/mol. The first-order chi connectivity index (χ1) is 17.6. The molecule has 8 nitrogen and oxygen atoms in total. The predicted octanol–water partition coefficient (Wildman–Crippen LogP) is 5.28. The van der Waals surface area contributed by atoms with Gasteiger partial charge in [-0.3, -0.25) is 15.0 Å². The van der Waals surface area contributed by atoms with Gasteiger partial charge in [0.15, 0.2) is 5.65 Å². The zero-order valence-corrected chi connectivity index (χ0v) is 20.3. The van der Waals surface area contributed by atoms with Crippen molar-refractivity contribution in [3.8, 4) is 22.3 Å². The lowest BCUT2D eigenvalue weighted by molar-refractivity contribution is 0.325. The molecule has 0 unspecified atom stereocenters.